The molecule has 4 rings (SSSR count). The first-order valence-corrected chi connectivity index (χ1v) is 6.88. The molecular weight excluding hydrogens is 252 g/mol. The van der Waals surface area contributed by atoms with Crippen LogP contribution in [0.1, 0.15) is 35.7 Å². The number of fused-ring (bicyclic) bond motifs is 1. The topological polar surface area (TPSA) is 74.0 Å². The van der Waals surface area contributed by atoms with Crippen LogP contribution in [0.25, 0.3) is 5.65 Å². The van der Waals surface area contributed by atoms with Crippen LogP contribution in [0, 0.1) is 0 Å². The summed E-state index contributed by atoms with van der Waals surface area (Å²) in [7, 11) is 0. The Labute approximate surface area is 116 Å². The highest BCUT2D eigenvalue weighted by molar-refractivity contribution is 5.42. The number of aromatic nitrogens is 5. The van der Waals surface area contributed by atoms with Crippen molar-refractivity contribution in [1.82, 2.24) is 24.4 Å². The van der Waals surface area contributed by atoms with E-state index in [1.54, 1.807) is 4.68 Å². The van der Waals surface area contributed by atoms with Gasteiger partial charge in [0.25, 0.3) is 0 Å². The molecule has 0 aromatic carbocycles. The minimum atomic E-state index is 0.413. The minimum Gasteiger partial charge on any atom is -0.325 e. The van der Waals surface area contributed by atoms with Gasteiger partial charge >= 0.3 is 0 Å². The van der Waals surface area contributed by atoms with E-state index in [1.807, 2.05) is 6.20 Å². The lowest BCUT2D eigenvalue weighted by molar-refractivity contribution is 0.640. The summed E-state index contributed by atoms with van der Waals surface area (Å²) in [5.74, 6) is 0.757. The first-order chi connectivity index (χ1) is 9.81. The average molecular weight is 268 g/mol. The standard InChI is InChI=1S/C14H16N6/c15-5-12-8-20(18-17-12)9-13-7-19-6-11(10-1-2-10)3-4-14(19)16-13/h3-4,6-8,10H,1-2,5,9,15H2. The van der Waals surface area contributed by atoms with E-state index < -0.39 is 0 Å². The SMILES string of the molecule is NCc1cn(Cc2cn3cc(C4CC4)ccc3n2)nn1. The zero-order valence-electron chi connectivity index (χ0n) is 11.1. The molecule has 3 aromatic heterocycles. The Morgan fingerprint density at radius 1 is 1.15 bits per heavy atom. The van der Waals surface area contributed by atoms with E-state index in [4.69, 9.17) is 5.73 Å². The van der Waals surface area contributed by atoms with Crippen molar-refractivity contribution < 1.29 is 0 Å². The lowest BCUT2D eigenvalue weighted by Gasteiger charge is -1.98. The third-order valence-electron chi connectivity index (χ3n) is 3.69. The highest BCUT2D eigenvalue weighted by Crippen LogP contribution is 2.39. The number of rotatable bonds is 4. The summed E-state index contributed by atoms with van der Waals surface area (Å²) in [6.07, 6.45) is 8.74. The molecule has 1 aliphatic carbocycles. The van der Waals surface area contributed by atoms with Gasteiger partial charge in [-0.15, -0.1) is 5.10 Å². The molecule has 0 amide bonds. The molecule has 1 aliphatic rings. The highest BCUT2D eigenvalue weighted by atomic mass is 15.4. The second kappa shape index (κ2) is 4.42. The summed E-state index contributed by atoms with van der Waals surface area (Å²) in [5.41, 5.74) is 9.69. The van der Waals surface area contributed by atoms with Crippen molar-refractivity contribution in [2.24, 2.45) is 5.73 Å². The van der Waals surface area contributed by atoms with Gasteiger partial charge in [-0.2, -0.15) is 0 Å². The van der Waals surface area contributed by atoms with Gasteiger partial charge in [0.15, 0.2) is 0 Å². The van der Waals surface area contributed by atoms with Gasteiger partial charge in [0.2, 0.25) is 0 Å². The van der Waals surface area contributed by atoms with Gasteiger partial charge < -0.3 is 10.1 Å². The van der Waals surface area contributed by atoms with Gasteiger partial charge in [0, 0.05) is 18.9 Å². The van der Waals surface area contributed by atoms with Crippen molar-refractivity contribution >= 4 is 5.65 Å². The first kappa shape index (κ1) is 11.6. The van der Waals surface area contributed by atoms with E-state index >= 15 is 0 Å². The van der Waals surface area contributed by atoms with Gasteiger partial charge in [-0.3, -0.25) is 0 Å². The Balaban J connectivity index is 1.62. The molecule has 0 spiro atoms. The molecule has 1 fully saturated rings. The van der Waals surface area contributed by atoms with E-state index in [0.29, 0.717) is 13.1 Å². The van der Waals surface area contributed by atoms with Crippen LogP contribution in [0.3, 0.4) is 0 Å². The number of nitrogens with zero attached hydrogens (tertiary/aromatic N) is 5. The Hall–Kier alpha value is -2.21. The molecule has 6 nitrogen and oxygen atoms in total. The summed E-state index contributed by atoms with van der Waals surface area (Å²) in [4.78, 5) is 4.61. The maximum absolute atomic E-state index is 5.53. The lowest BCUT2D eigenvalue weighted by atomic mass is 10.2. The molecule has 3 heterocycles. The predicted octanol–water partition coefficient (Wildman–Crippen LogP) is 1.31. The van der Waals surface area contributed by atoms with Crippen molar-refractivity contribution in [3.05, 3.63) is 47.7 Å². The quantitative estimate of drug-likeness (QED) is 0.774. The van der Waals surface area contributed by atoms with Gasteiger partial charge in [-0.1, -0.05) is 11.3 Å². The number of hydrogen-bond donors (Lipinski definition) is 1. The summed E-state index contributed by atoms with van der Waals surface area (Å²) in [5, 5.41) is 8.03. The third kappa shape index (κ3) is 2.08. The molecule has 102 valence electrons. The Bertz CT molecular complexity index is 752. The highest BCUT2D eigenvalue weighted by Gasteiger charge is 2.23. The smallest absolute Gasteiger partial charge is 0.137 e. The van der Waals surface area contributed by atoms with Crippen molar-refractivity contribution in [2.75, 3.05) is 0 Å². The van der Waals surface area contributed by atoms with Crippen molar-refractivity contribution in [3.8, 4) is 0 Å². The molecule has 0 bridgehead atoms. The molecule has 0 unspecified atom stereocenters. The van der Waals surface area contributed by atoms with Crippen molar-refractivity contribution in [2.45, 2.75) is 31.8 Å². The Kier molecular flexibility index (Phi) is 2.56. The number of imidazole rings is 1. The maximum Gasteiger partial charge on any atom is 0.137 e. The fourth-order valence-corrected chi connectivity index (χ4v) is 2.47. The molecule has 2 N–H and O–H groups in total. The number of pyridine rings is 1. The minimum absolute atomic E-state index is 0.413. The molecule has 0 atom stereocenters. The molecule has 0 radical (unpaired) electrons. The Morgan fingerprint density at radius 3 is 2.80 bits per heavy atom. The fraction of sp³-hybridized carbons (Fsp3) is 0.357. The molecular formula is C14H16N6. The van der Waals surface area contributed by atoms with Crippen LogP contribution in [0.4, 0.5) is 0 Å². The van der Waals surface area contributed by atoms with Crippen LogP contribution in [-0.4, -0.2) is 24.4 Å². The van der Waals surface area contributed by atoms with E-state index in [2.05, 4.69) is 44.2 Å². The summed E-state index contributed by atoms with van der Waals surface area (Å²) in [6, 6.07) is 4.27. The van der Waals surface area contributed by atoms with Crippen LogP contribution in [0.2, 0.25) is 0 Å². The van der Waals surface area contributed by atoms with Gasteiger partial charge in [0.1, 0.15) is 5.65 Å². The van der Waals surface area contributed by atoms with Crippen LogP contribution in [0.15, 0.2) is 30.7 Å². The van der Waals surface area contributed by atoms with Crippen LogP contribution in [-0.2, 0) is 13.1 Å². The zero-order valence-corrected chi connectivity index (χ0v) is 11.1. The summed E-state index contributed by atoms with van der Waals surface area (Å²) < 4.78 is 3.87. The van der Waals surface area contributed by atoms with Crippen molar-refractivity contribution in [1.29, 1.82) is 0 Å². The summed E-state index contributed by atoms with van der Waals surface area (Å²) in [6.45, 7) is 1.03. The molecule has 3 aromatic rings. The fourth-order valence-electron chi connectivity index (χ4n) is 2.47. The van der Waals surface area contributed by atoms with Gasteiger partial charge in [-0.25, -0.2) is 9.67 Å². The maximum atomic E-state index is 5.53. The second-order valence-electron chi connectivity index (χ2n) is 5.35. The molecule has 20 heavy (non-hydrogen) atoms. The lowest BCUT2D eigenvalue weighted by Crippen LogP contribution is -2.00. The van der Waals surface area contributed by atoms with Crippen LogP contribution < -0.4 is 5.73 Å². The number of nitrogens with two attached hydrogens (primary N) is 1. The van der Waals surface area contributed by atoms with Gasteiger partial charge in [0.05, 0.1) is 24.1 Å². The van der Waals surface area contributed by atoms with Crippen LogP contribution in [0.5, 0.6) is 0 Å². The monoisotopic (exact) mass is 268 g/mol. The van der Waals surface area contributed by atoms with E-state index in [0.717, 1.165) is 23.0 Å². The third-order valence-corrected chi connectivity index (χ3v) is 3.69. The van der Waals surface area contributed by atoms with Gasteiger partial charge in [-0.05, 0) is 30.4 Å². The second-order valence-corrected chi connectivity index (χ2v) is 5.35. The largest absolute Gasteiger partial charge is 0.325 e. The molecule has 0 saturated heterocycles. The normalized spacial score (nSPS) is 15.1. The average Bonchev–Trinajstić information content (AvgIpc) is 3.08. The Morgan fingerprint density at radius 2 is 2.05 bits per heavy atom. The van der Waals surface area contributed by atoms with E-state index in [1.165, 1.54) is 18.4 Å². The summed E-state index contributed by atoms with van der Waals surface area (Å²) >= 11 is 0. The van der Waals surface area contributed by atoms with Crippen molar-refractivity contribution in [3.63, 3.8) is 0 Å². The molecule has 1 saturated carbocycles. The number of hydrogen-bond acceptors (Lipinski definition) is 4. The zero-order chi connectivity index (χ0) is 13.5. The molecule has 6 heteroatoms. The molecule has 0 aliphatic heterocycles. The first-order valence-electron chi connectivity index (χ1n) is 6.88. The predicted molar refractivity (Wildman–Crippen MR) is 74.2 cm³/mol. The van der Waals surface area contributed by atoms with E-state index in [-0.39, 0.29) is 0 Å². The van der Waals surface area contributed by atoms with Crippen LogP contribution >= 0.6 is 0 Å². The van der Waals surface area contributed by atoms with E-state index in [9.17, 15) is 0 Å².